The van der Waals surface area contributed by atoms with Crippen LogP contribution in [0.25, 0.3) is 10.2 Å². The Hall–Kier alpha value is -1.87. The van der Waals surface area contributed by atoms with E-state index in [-0.39, 0.29) is 6.04 Å². The number of nitrogens with zero attached hydrogens (tertiary/aromatic N) is 1. The van der Waals surface area contributed by atoms with Crippen LogP contribution in [-0.4, -0.2) is 4.98 Å². The topological polar surface area (TPSA) is 24.9 Å². The predicted octanol–water partition coefficient (Wildman–Crippen LogP) is 5.03. The third kappa shape index (κ3) is 2.68. The molecule has 102 valence electrons. The maximum absolute atomic E-state index is 4.62. The molecule has 0 fully saturated rings. The minimum absolute atomic E-state index is 0.265. The molecule has 1 atom stereocenters. The van der Waals surface area contributed by atoms with Crippen LogP contribution in [0.1, 0.15) is 31.0 Å². The first-order valence-electron chi connectivity index (χ1n) is 6.97. The van der Waals surface area contributed by atoms with E-state index in [4.69, 9.17) is 0 Å². The molecule has 0 aliphatic carbocycles. The lowest BCUT2D eigenvalue weighted by Gasteiger charge is -2.13. The minimum atomic E-state index is 0.265. The van der Waals surface area contributed by atoms with E-state index >= 15 is 0 Å². The number of fused-ring (bicyclic) bond motifs is 1. The molecule has 0 saturated heterocycles. The number of anilines is 1. The Balaban J connectivity index is 1.78. The van der Waals surface area contributed by atoms with E-state index in [2.05, 4.69) is 66.6 Å². The lowest BCUT2D eigenvalue weighted by Crippen LogP contribution is -2.06. The summed E-state index contributed by atoms with van der Waals surface area (Å²) < 4.78 is 1.23. The van der Waals surface area contributed by atoms with Gasteiger partial charge >= 0.3 is 0 Å². The van der Waals surface area contributed by atoms with Gasteiger partial charge in [0.05, 0.1) is 16.3 Å². The third-order valence-corrected chi connectivity index (χ3v) is 4.49. The zero-order valence-electron chi connectivity index (χ0n) is 11.8. The monoisotopic (exact) mass is 282 g/mol. The maximum atomic E-state index is 4.62. The number of benzene rings is 2. The first kappa shape index (κ1) is 13.1. The standard InChI is InChI=1S/C17H18N2S/c1-3-13-8-10-14(11-9-13)12(2)18-17-19-15-6-4-5-7-16(15)20-17/h4-12H,3H2,1-2H3,(H,18,19). The van der Waals surface area contributed by atoms with E-state index in [1.165, 1.54) is 15.8 Å². The van der Waals surface area contributed by atoms with Crippen LogP contribution in [0.15, 0.2) is 48.5 Å². The zero-order chi connectivity index (χ0) is 13.9. The second-order valence-electron chi connectivity index (χ2n) is 4.95. The Morgan fingerprint density at radius 3 is 2.55 bits per heavy atom. The molecule has 0 spiro atoms. The van der Waals surface area contributed by atoms with Crippen LogP contribution in [0.2, 0.25) is 0 Å². The highest BCUT2D eigenvalue weighted by Gasteiger charge is 2.08. The van der Waals surface area contributed by atoms with E-state index in [0.717, 1.165) is 17.1 Å². The van der Waals surface area contributed by atoms with E-state index in [0.29, 0.717) is 0 Å². The number of rotatable bonds is 4. The van der Waals surface area contributed by atoms with Crippen molar-refractivity contribution in [3.05, 3.63) is 59.7 Å². The first-order valence-corrected chi connectivity index (χ1v) is 7.79. The molecule has 1 aromatic heterocycles. The molecule has 0 aliphatic heterocycles. The van der Waals surface area contributed by atoms with Crippen molar-refractivity contribution < 1.29 is 0 Å². The molecule has 20 heavy (non-hydrogen) atoms. The molecular formula is C17H18N2S. The Morgan fingerprint density at radius 1 is 1.10 bits per heavy atom. The summed E-state index contributed by atoms with van der Waals surface area (Å²) in [5.74, 6) is 0. The molecule has 2 aromatic carbocycles. The van der Waals surface area contributed by atoms with Crippen molar-refractivity contribution in [2.24, 2.45) is 0 Å². The average molecular weight is 282 g/mol. The molecule has 3 aromatic rings. The smallest absolute Gasteiger partial charge is 0.184 e. The summed E-state index contributed by atoms with van der Waals surface area (Å²) in [5.41, 5.74) is 3.73. The largest absolute Gasteiger partial charge is 0.355 e. The number of aromatic nitrogens is 1. The van der Waals surface area contributed by atoms with Crippen LogP contribution in [0.4, 0.5) is 5.13 Å². The van der Waals surface area contributed by atoms with Gasteiger partial charge in [-0.25, -0.2) is 4.98 Å². The number of nitrogens with one attached hydrogen (secondary N) is 1. The van der Waals surface area contributed by atoms with Crippen molar-refractivity contribution in [1.82, 2.24) is 4.98 Å². The van der Waals surface area contributed by atoms with Crippen LogP contribution >= 0.6 is 11.3 Å². The maximum Gasteiger partial charge on any atom is 0.184 e. The van der Waals surface area contributed by atoms with E-state index in [9.17, 15) is 0 Å². The van der Waals surface area contributed by atoms with Gasteiger partial charge in [0.25, 0.3) is 0 Å². The summed E-state index contributed by atoms with van der Waals surface area (Å²) in [6.45, 7) is 4.35. The molecule has 3 heteroatoms. The summed E-state index contributed by atoms with van der Waals surface area (Å²) in [4.78, 5) is 4.62. The van der Waals surface area contributed by atoms with Gasteiger partial charge < -0.3 is 5.32 Å². The summed E-state index contributed by atoms with van der Waals surface area (Å²) in [5, 5.41) is 4.48. The molecule has 3 rings (SSSR count). The summed E-state index contributed by atoms with van der Waals surface area (Å²) in [6.07, 6.45) is 1.08. The number of hydrogen-bond acceptors (Lipinski definition) is 3. The number of hydrogen-bond donors (Lipinski definition) is 1. The SMILES string of the molecule is CCc1ccc(C(C)Nc2nc3ccccc3s2)cc1. The fourth-order valence-electron chi connectivity index (χ4n) is 2.24. The van der Waals surface area contributed by atoms with Gasteiger partial charge in [-0.2, -0.15) is 0 Å². The van der Waals surface area contributed by atoms with Crippen molar-refractivity contribution >= 4 is 26.7 Å². The quantitative estimate of drug-likeness (QED) is 0.725. The molecule has 1 unspecified atom stereocenters. The van der Waals surface area contributed by atoms with Gasteiger partial charge in [0.15, 0.2) is 5.13 Å². The Kier molecular flexibility index (Phi) is 3.70. The van der Waals surface area contributed by atoms with Crippen LogP contribution in [0.5, 0.6) is 0 Å². The van der Waals surface area contributed by atoms with Crippen molar-refractivity contribution in [2.45, 2.75) is 26.3 Å². The normalized spacial score (nSPS) is 12.5. The lowest BCUT2D eigenvalue weighted by molar-refractivity contribution is 0.880. The van der Waals surface area contributed by atoms with E-state index in [1.54, 1.807) is 11.3 Å². The van der Waals surface area contributed by atoms with Gasteiger partial charge in [-0.3, -0.25) is 0 Å². The predicted molar refractivity (Wildman–Crippen MR) is 87.5 cm³/mol. The van der Waals surface area contributed by atoms with Crippen molar-refractivity contribution in [3.63, 3.8) is 0 Å². The van der Waals surface area contributed by atoms with E-state index in [1.807, 2.05) is 6.07 Å². The fourth-order valence-corrected chi connectivity index (χ4v) is 3.20. The van der Waals surface area contributed by atoms with Gasteiger partial charge in [0, 0.05) is 0 Å². The van der Waals surface area contributed by atoms with Crippen LogP contribution < -0.4 is 5.32 Å². The summed E-state index contributed by atoms with van der Waals surface area (Å²) >= 11 is 1.71. The van der Waals surface area contributed by atoms with E-state index < -0.39 is 0 Å². The Bertz CT molecular complexity index is 667. The highest BCUT2D eigenvalue weighted by atomic mass is 32.1. The molecule has 0 bridgehead atoms. The van der Waals surface area contributed by atoms with Crippen molar-refractivity contribution in [1.29, 1.82) is 0 Å². The van der Waals surface area contributed by atoms with Gasteiger partial charge in [0.1, 0.15) is 0 Å². The van der Waals surface area contributed by atoms with Crippen molar-refractivity contribution in [3.8, 4) is 0 Å². The minimum Gasteiger partial charge on any atom is -0.355 e. The molecule has 1 N–H and O–H groups in total. The lowest BCUT2D eigenvalue weighted by atomic mass is 10.1. The fraction of sp³-hybridized carbons (Fsp3) is 0.235. The van der Waals surface area contributed by atoms with Crippen molar-refractivity contribution in [2.75, 3.05) is 5.32 Å². The Labute approximate surface area is 123 Å². The van der Waals surface area contributed by atoms with Crippen LogP contribution in [0, 0.1) is 0 Å². The number of thiazole rings is 1. The molecule has 0 radical (unpaired) electrons. The molecule has 0 amide bonds. The molecule has 1 heterocycles. The van der Waals surface area contributed by atoms with Crippen LogP contribution in [-0.2, 0) is 6.42 Å². The number of aryl methyl sites for hydroxylation is 1. The Morgan fingerprint density at radius 2 is 1.85 bits per heavy atom. The second-order valence-corrected chi connectivity index (χ2v) is 5.98. The first-order chi connectivity index (χ1) is 9.76. The molecule has 0 aliphatic rings. The summed E-state index contributed by atoms with van der Waals surface area (Å²) in [6, 6.07) is 17.3. The van der Waals surface area contributed by atoms with Gasteiger partial charge in [-0.05, 0) is 36.6 Å². The number of para-hydroxylation sites is 1. The molecule has 2 nitrogen and oxygen atoms in total. The summed E-state index contributed by atoms with van der Waals surface area (Å²) in [7, 11) is 0. The highest BCUT2D eigenvalue weighted by molar-refractivity contribution is 7.22. The molecule has 0 saturated carbocycles. The highest BCUT2D eigenvalue weighted by Crippen LogP contribution is 2.28. The van der Waals surface area contributed by atoms with Gasteiger partial charge in [-0.15, -0.1) is 0 Å². The second kappa shape index (κ2) is 5.63. The average Bonchev–Trinajstić information content (AvgIpc) is 2.89. The van der Waals surface area contributed by atoms with Crippen LogP contribution in [0.3, 0.4) is 0 Å². The molecular weight excluding hydrogens is 264 g/mol. The van der Waals surface area contributed by atoms with Gasteiger partial charge in [-0.1, -0.05) is 54.7 Å². The zero-order valence-corrected chi connectivity index (χ0v) is 12.6. The van der Waals surface area contributed by atoms with Gasteiger partial charge in [0.2, 0.25) is 0 Å². The third-order valence-electron chi connectivity index (χ3n) is 3.52.